The Balaban J connectivity index is 1.62. The van der Waals surface area contributed by atoms with Crippen LogP contribution >= 0.6 is 15.9 Å². The van der Waals surface area contributed by atoms with Crippen LogP contribution in [-0.4, -0.2) is 12.1 Å². The van der Waals surface area contributed by atoms with Crippen molar-refractivity contribution in [2.75, 3.05) is 0 Å². The number of nitrogens with one attached hydrogen (secondary N) is 1. The average Bonchev–Trinajstić information content (AvgIpc) is 2.27. The van der Waals surface area contributed by atoms with Crippen LogP contribution in [0.3, 0.4) is 0 Å². The van der Waals surface area contributed by atoms with Gasteiger partial charge in [0.1, 0.15) is 0 Å². The lowest BCUT2D eigenvalue weighted by atomic mass is 9.79. The third-order valence-corrected chi connectivity index (χ3v) is 5.25. The van der Waals surface area contributed by atoms with Gasteiger partial charge in [0.05, 0.1) is 0 Å². The van der Waals surface area contributed by atoms with E-state index in [0.29, 0.717) is 12.1 Å². The molecule has 0 aromatic heterocycles. The van der Waals surface area contributed by atoms with Crippen LogP contribution in [0.1, 0.15) is 43.7 Å². The van der Waals surface area contributed by atoms with E-state index in [0.717, 1.165) is 5.92 Å². The summed E-state index contributed by atoms with van der Waals surface area (Å²) < 4.78 is 1.22. The number of hydrogen-bond donors (Lipinski definition) is 1. The molecule has 2 aliphatic rings. The summed E-state index contributed by atoms with van der Waals surface area (Å²) in [4.78, 5) is 0. The van der Waals surface area contributed by atoms with Crippen molar-refractivity contribution in [3.63, 3.8) is 0 Å². The first-order chi connectivity index (χ1) is 8.72. The molecule has 2 aliphatic carbocycles. The van der Waals surface area contributed by atoms with Crippen molar-refractivity contribution in [1.29, 1.82) is 0 Å². The molecular formula is C16H22BrN. The molecule has 0 heterocycles. The number of benzene rings is 1. The predicted molar refractivity (Wildman–Crippen MR) is 79.9 cm³/mol. The normalized spacial score (nSPS) is 25.3. The lowest BCUT2D eigenvalue weighted by molar-refractivity contribution is 0.221. The molecule has 1 fully saturated rings. The maximum atomic E-state index is 3.86. The van der Waals surface area contributed by atoms with Gasteiger partial charge in [-0.3, -0.25) is 0 Å². The maximum Gasteiger partial charge on any atom is 0.0178 e. The van der Waals surface area contributed by atoms with Gasteiger partial charge in [0.2, 0.25) is 0 Å². The zero-order chi connectivity index (χ0) is 12.5. The molecule has 0 amide bonds. The predicted octanol–water partition coefficient (Wildman–Crippen LogP) is 4.08. The minimum atomic E-state index is 0.689. The van der Waals surface area contributed by atoms with Gasteiger partial charge in [0.25, 0.3) is 0 Å². The molecule has 1 aromatic rings. The Morgan fingerprint density at radius 2 is 2.06 bits per heavy atom. The maximum absolute atomic E-state index is 3.86. The Morgan fingerprint density at radius 3 is 2.78 bits per heavy atom. The minimum Gasteiger partial charge on any atom is -0.311 e. The van der Waals surface area contributed by atoms with E-state index in [1.807, 2.05) is 0 Å². The van der Waals surface area contributed by atoms with E-state index in [-0.39, 0.29) is 0 Å². The van der Waals surface area contributed by atoms with Crippen LogP contribution in [0.5, 0.6) is 0 Å². The Bertz CT molecular complexity index is 425. The molecule has 0 bridgehead atoms. The van der Waals surface area contributed by atoms with Gasteiger partial charge in [-0.25, -0.2) is 0 Å². The van der Waals surface area contributed by atoms with Gasteiger partial charge in [-0.15, -0.1) is 0 Å². The zero-order valence-corrected chi connectivity index (χ0v) is 12.7. The highest BCUT2D eigenvalue weighted by Gasteiger charge is 2.27. The third-order valence-electron chi connectivity index (χ3n) is 4.75. The van der Waals surface area contributed by atoms with Crippen molar-refractivity contribution in [3.05, 3.63) is 33.8 Å². The van der Waals surface area contributed by atoms with Crippen LogP contribution in [0.25, 0.3) is 0 Å². The van der Waals surface area contributed by atoms with Crippen molar-refractivity contribution in [3.8, 4) is 0 Å². The largest absolute Gasteiger partial charge is 0.311 e. The van der Waals surface area contributed by atoms with Crippen LogP contribution in [0.2, 0.25) is 0 Å². The molecule has 98 valence electrons. The van der Waals surface area contributed by atoms with Crippen LogP contribution in [0, 0.1) is 5.92 Å². The first kappa shape index (κ1) is 12.7. The molecule has 3 rings (SSSR count). The second kappa shape index (κ2) is 5.34. The van der Waals surface area contributed by atoms with Gasteiger partial charge < -0.3 is 5.32 Å². The second-order valence-corrected chi connectivity index (χ2v) is 6.91. The number of halogens is 1. The summed E-state index contributed by atoms with van der Waals surface area (Å²) in [6.07, 6.45) is 8.04. The van der Waals surface area contributed by atoms with E-state index in [1.165, 1.54) is 43.0 Å². The molecule has 18 heavy (non-hydrogen) atoms. The standard InChI is InChI=1S/C16H22BrN/c1-11(12-3-2-4-12)18-16-8-6-13-9-15(17)7-5-14(13)10-16/h5,7,9,11-12,16,18H,2-4,6,8,10H2,1H3. The van der Waals surface area contributed by atoms with Crippen molar-refractivity contribution in [1.82, 2.24) is 5.32 Å². The van der Waals surface area contributed by atoms with Gasteiger partial charge in [0.15, 0.2) is 0 Å². The molecule has 0 spiro atoms. The molecule has 1 nitrogen and oxygen atoms in total. The second-order valence-electron chi connectivity index (χ2n) is 6.00. The van der Waals surface area contributed by atoms with E-state index in [2.05, 4.69) is 46.4 Å². The lowest BCUT2D eigenvalue weighted by Gasteiger charge is -2.36. The Morgan fingerprint density at radius 1 is 1.22 bits per heavy atom. The van der Waals surface area contributed by atoms with Crippen LogP contribution < -0.4 is 5.32 Å². The van der Waals surface area contributed by atoms with Crippen LogP contribution in [0.15, 0.2) is 22.7 Å². The molecular weight excluding hydrogens is 286 g/mol. The Kier molecular flexibility index (Phi) is 3.76. The molecule has 1 saturated carbocycles. The highest BCUT2D eigenvalue weighted by atomic mass is 79.9. The van der Waals surface area contributed by atoms with Crippen LogP contribution in [-0.2, 0) is 12.8 Å². The fourth-order valence-electron chi connectivity index (χ4n) is 3.31. The zero-order valence-electron chi connectivity index (χ0n) is 11.1. The SMILES string of the molecule is CC(NC1CCc2cc(Br)ccc2C1)C1CCC1. The van der Waals surface area contributed by atoms with Gasteiger partial charge in [0, 0.05) is 16.6 Å². The van der Waals surface area contributed by atoms with E-state index in [9.17, 15) is 0 Å². The molecule has 2 heteroatoms. The van der Waals surface area contributed by atoms with Crippen LogP contribution in [0.4, 0.5) is 0 Å². The van der Waals surface area contributed by atoms with Gasteiger partial charge in [-0.05, 0) is 68.2 Å². The molecule has 0 saturated heterocycles. The fourth-order valence-corrected chi connectivity index (χ4v) is 3.72. The summed E-state index contributed by atoms with van der Waals surface area (Å²) in [5, 5.41) is 3.86. The van der Waals surface area contributed by atoms with E-state index < -0.39 is 0 Å². The molecule has 1 N–H and O–H groups in total. The summed E-state index contributed by atoms with van der Waals surface area (Å²) in [7, 11) is 0. The molecule has 0 radical (unpaired) electrons. The van der Waals surface area contributed by atoms with Gasteiger partial charge >= 0.3 is 0 Å². The third kappa shape index (κ3) is 2.65. The van der Waals surface area contributed by atoms with E-state index in [4.69, 9.17) is 0 Å². The Labute approximate surface area is 118 Å². The van der Waals surface area contributed by atoms with E-state index in [1.54, 1.807) is 11.1 Å². The summed E-state index contributed by atoms with van der Waals surface area (Å²) >= 11 is 3.57. The molecule has 1 aromatic carbocycles. The number of aryl methyl sites for hydroxylation is 1. The summed E-state index contributed by atoms with van der Waals surface area (Å²) in [5.74, 6) is 0.941. The number of hydrogen-bond acceptors (Lipinski definition) is 1. The number of fused-ring (bicyclic) bond motifs is 1. The molecule has 0 aliphatic heterocycles. The summed E-state index contributed by atoms with van der Waals surface area (Å²) in [6, 6.07) is 8.16. The van der Waals surface area contributed by atoms with Crippen molar-refractivity contribution in [2.45, 2.75) is 57.5 Å². The van der Waals surface area contributed by atoms with Crippen molar-refractivity contribution in [2.24, 2.45) is 5.92 Å². The average molecular weight is 308 g/mol. The first-order valence-corrected chi connectivity index (χ1v) is 8.05. The topological polar surface area (TPSA) is 12.0 Å². The van der Waals surface area contributed by atoms with Crippen molar-refractivity contribution < 1.29 is 0 Å². The highest BCUT2D eigenvalue weighted by Crippen LogP contribution is 2.31. The summed E-state index contributed by atoms with van der Waals surface area (Å²) in [5.41, 5.74) is 3.08. The summed E-state index contributed by atoms with van der Waals surface area (Å²) in [6.45, 7) is 2.38. The lowest BCUT2D eigenvalue weighted by Crippen LogP contribution is -2.45. The fraction of sp³-hybridized carbons (Fsp3) is 0.625. The Hall–Kier alpha value is -0.340. The van der Waals surface area contributed by atoms with Gasteiger partial charge in [-0.1, -0.05) is 28.4 Å². The highest BCUT2D eigenvalue weighted by molar-refractivity contribution is 9.10. The smallest absolute Gasteiger partial charge is 0.0178 e. The monoisotopic (exact) mass is 307 g/mol. The minimum absolute atomic E-state index is 0.689. The van der Waals surface area contributed by atoms with E-state index >= 15 is 0 Å². The quantitative estimate of drug-likeness (QED) is 0.887. The molecule has 2 unspecified atom stereocenters. The first-order valence-electron chi connectivity index (χ1n) is 7.26. The molecule has 2 atom stereocenters. The van der Waals surface area contributed by atoms with Gasteiger partial charge in [-0.2, -0.15) is 0 Å². The number of rotatable bonds is 3. The van der Waals surface area contributed by atoms with Crippen molar-refractivity contribution >= 4 is 15.9 Å².